The molecule has 0 heterocycles. The first-order valence-corrected chi connectivity index (χ1v) is 8.32. The zero-order chi connectivity index (χ0) is 14.6. The van der Waals surface area contributed by atoms with Crippen LogP contribution in [0.5, 0.6) is 0 Å². The van der Waals surface area contributed by atoms with E-state index in [1.54, 1.807) is 0 Å². The van der Waals surface area contributed by atoms with E-state index in [4.69, 9.17) is 4.55 Å². The Bertz CT molecular complexity index is 695. The number of rotatable bonds is 6. The molecule has 0 spiro atoms. The summed E-state index contributed by atoms with van der Waals surface area (Å²) in [6.07, 6.45) is 1.29. The van der Waals surface area contributed by atoms with Gasteiger partial charge in [-0.3, -0.25) is 4.55 Å². The molecule has 5 heteroatoms. The fourth-order valence-corrected chi connectivity index (χ4v) is 2.80. The molecule has 0 aliphatic rings. The Morgan fingerprint density at radius 3 is 2.60 bits per heavy atom. The lowest BCUT2D eigenvalue weighted by atomic mass is 10.0. The predicted octanol–water partition coefficient (Wildman–Crippen LogP) is 3.09. The number of hydrogen-bond donors (Lipinski definition) is 2. The molecule has 0 atom stereocenters. The molecular formula is C15H19NO3S. The summed E-state index contributed by atoms with van der Waals surface area (Å²) in [6.45, 7) is 2.61. The van der Waals surface area contributed by atoms with E-state index in [0.29, 0.717) is 13.0 Å². The van der Waals surface area contributed by atoms with Crippen molar-refractivity contribution < 1.29 is 13.0 Å². The van der Waals surface area contributed by atoms with Crippen molar-refractivity contribution in [3.05, 3.63) is 42.0 Å². The molecule has 0 amide bonds. The van der Waals surface area contributed by atoms with Crippen LogP contribution in [-0.2, 0) is 16.5 Å². The quantitative estimate of drug-likeness (QED) is 0.634. The third-order valence-electron chi connectivity index (χ3n) is 3.28. The van der Waals surface area contributed by atoms with Crippen molar-refractivity contribution in [3.8, 4) is 0 Å². The highest BCUT2D eigenvalue weighted by atomic mass is 32.2. The van der Waals surface area contributed by atoms with E-state index in [0.717, 1.165) is 22.9 Å². The van der Waals surface area contributed by atoms with Gasteiger partial charge in [0.2, 0.25) is 0 Å². The van der Waals surface area contributed by atoms with E-state index in [1.807, 2.05) is 12.1 Å². The Balaban J connectivity index is 2.19. The standard InChI is InChI=1S/C15H19NO3S/c1-2-12-8-9-13-6-3-4-7-14(13)15(12)16-10-5-11-20(17,18)19/h3-4,6-9,16H,2,5,10-11H2,1H3,(H,17,18,19). The average Bonchev–Trinajstić information content (AvgIpc) is 2.42. The maximum atomic E-state index is 10.7. The summed E-state index contributed by atoms with van der Waals surface area (Å²) in [7, 11) is -3.88. The van der Waals surface area contributed by atoms with Crippen LogP contribution in [0.3, 0.4) is 0 Å². The Morgan fingerprint density at radius 1 is 1.15 bits per heavy atom. The number of nitrogens with one attached hydrogen (secondary N) is 1. The maximum Gasteiger partial charge on any atom is 0.264 e. The summed E-state index contributed by atoms with van der Waals surface area (Å²) >= 11 is 0. The lowest BCUT2D eigenvalue weighted by molar-refractivity contribution is 0.481. The topological polar surface area (TPSA) is 66.4 Å². The SMILES string of the molecule is CCc1ccc2ccccc2c1NCCCS(=O)(=O)O. The van der Waals surface area contributed by atoms with Crippen LogP contribution < -0.4 is 5.32 Å². The number of hydrogen-bond acceptors (Lipinski definition) is 3. The van der Waals surface area contributed by atoms with Gasteiger partial charge in [-0.2, -0.15) is 8.42 Å². The van der Waals surface area contributed by atoms with Crippen LogP contribution in [0.15, 0.2) is 36.4 Å². The van der Waals surface area contributed by atoms with Crippen LogP contribution in [0, 0.1) is 0 Å². The van der Waals surface area contributed by atoms with Gasteiger partial charge >= 0.3 is 0 Å². The second kappa shape index (κ2) is 6.24. The van der Waals surface area contributed by atoms with Gasteiger partial charge in [0, 0.05) is 17.6 Å². The summed E-state index contributed by atoms with van der Waals surface area (Å²) in [4.78, 5) is 0. The van der Waals surface area contributed by atoms with Gasteiger partial charge in [-0.25, -0.2) is 0 Å². The van der Waals surface area contributed by atoms with Gasteiger partial charge in [-0.15, -0.1) is 0 Å². The Kier molecular flexibility index (Phi) is 4.62. The molecule has 0 fully saturated rings. The lowest BCUT2D eigenvalue weighted by Crippen LogP contribution is -2.11. The van der Waals surface area contributed by atoms with Gasteiger partial charge in [0.05, 0.1) is 5.75 Å². The van der Waals surface area contributed by atoms with Gasteiger partial charge in [-0.1, -0.05) is 43.3 Å². The Labute approximate surface area is 119 Å². The molecule has 20 heavy (non-hydrogen) atoms. The predicted molar refractivity (Wildman–Crippen MR) is 82.8 cm³/mol. The first-order chi connectivity index (χ1) is 9.51. The van der Waals surface area contributed by atoms with Crippen molar-refractivity contribution in [1.29, 1.82) is 0 Å². The average molecular weight is 293 g/mol. The molecule has 0 unspecified atom stereocenters. The monoisotopic (exact) mass is 293 g/mol. The fraction of sp³-hybridized carbons (Fsp3) is 0.333. The van der Waals surface area contributed by atoms with Gasteiger partial charge in [0.25, 0.3) is 10.1 Å². The summed E-state index contributed by atoms with van der Waals surface area (Å²) < 4.78 is 30.1. The highest BCUT2D eigenvalue weighted by molar-refractivity contribution is 7.85. The van der Waals surface area contributed by atoms with Crippen LogP contribution >= 0.6 is 0 Å². The van der Waals surface area contributed by atoms with Crippen LogP contribution in [0.1, 0.15) is 18.9 Å². The molecule has 0 radical (unpaired) electrons. The highest BCUT2D eigenvalue weighted by Crippen LogP contribution is 2.27. The van der Waals surface area contributed by atoms with E-state index in [2.05, 4.69) is 36.5 Å². The zero-order valence-corrected chi connectivity index (χ0v) is 12.3. The van der Waals surface area contributed by atoms with E-state index in [9.17, 15) is 8.42 Å². The Hall–Kier alpha value is -1.59. The van der Waals surface area contributed by atoms with Crippen molar-refractivity contribution in [2.45, 2.75) is 19.8 Å². The van der Waals surface area contributed by atoms with Crippen molar-refractivity contribution in [2.24, 2.45) is 0 Å². The summed E-state index contributed by atoms with van der Waals surface area (Å²) in [6, 6.07) is 12.3. The minimum Gasteiger partial charge on any atom is -0.384 e. The third kappa shape index (κ3) is 3.71. The molecule has 2 rings (SSSR count). The molecular weight excluding hydrogens is 274 g/mol. The molecule has 2 aromatic rings. The number of anilines is 1. The van der Waals surface area contributed by atoms with Crippen molar-refractivity contribution in [3.63, 3.8) is 0 Å². The van der Waals surface area contributed by atoms with Crippen molar-refractivity contribution in [2.75, 3.05) is 17.6 Å². The minimum absolute atomic E-state index is 0.216. The van der Waals surface area contributed by atoms with E-state index in [1.165, 1.54) is 5.56 Å². The lowest BCUT2D eigenvalue weighted by Gasteiger charge is -2.14. The third-order valence-corrected chi connectivity index (χ3v) is 4.08. The first-order valence-electron chi connectivity index (χ1n) is 6.71. The molecule has 108 valence electrons. The highest BCUT2D eigenvalue weighted by Gasteiger charge is 2.07. The zero-order valence-electron chi connectivity index (χ0n) is 11.5. The Morgan fingerprint density at radius 2 is 1.90 bits per heavy atom. The molecule has 2 aromatic carbocycles. The molecule has 0 bridgehead atoms. The summed E-state index contributed by atoms with van der Waals surface area (Å²) in [5.41, 5.74) is 2.26. The molecule has 0 saturated heterocycles. The van der Waals surface area contributed by atoms with E-state index >= 15 is 0 Å². The van der Waals surface area contributed by atoms with Crippen LogP contribution in [0.4, 0.5) is 5.69 Å². The number of aryl methyl sites for hydroxylation is 1. The second-order valence-electron chi connectivity index (χ2n) is 4.74. The number of fused-ring (bicyclic) bond motifs is 1. The number of benzene rings is 2. The molecule has 0 aliphatic heterocycles. The van der Waals surface area contributed by atoms with Crippen LogP contribution in [0.25, 0.3) is 10.8 Å². The summed E-state index contributed by atoms with van der Waals surface area (Å²) in [5, 5.41) is 5.60. The molecule has 2 N–H and O–H groups in total. The molecule has 0 saturated carbocycles. The maximum absolute atomic E-state index is 10.7. The van der Waals surface area contributed by atoms with Gasteiger partial charge in [0.15, 0.2) is 0 Å². The van der Waals surface area contributed by atoms with Crippen LogP contribution in [0.2, 0.25) is 0 Å². The minimum atomic E-state index is -3.88. The molecule has 0 aromatic heterocycles. The largest absolute Gasteiger partial charge is 0.384 e. The van der Waals surface area contributed by atoms with Crippen LogP contribution in [-0.4, -0.2) is 25.3 Å². The summed E-state index contributed by atoms with van der Waals surface area (Å²) in [5.74, 6) is -0.216. The van der Waals surface area contributed by atoms with Crippen molar-refractivity contribution in [1.82, 2.24) is 0 Å². The van der Waals surface area contributed by atoms with E-state index < -0.39 is 10.1 Å². The van der Waals surface area contributed by atoms with Crippen molar-refractivity contribution >= 4 is 26.6 Å². The van der Waals surface area contributed by atoms with E-state index in [-0.39, 0.29) is 5.75 Å². The normalized spacial score (nSPS) is 11.7. The molecule has 4 nitrogen and oxygen atoms in total. The van der Waals surface area contributed by atoms with Gasteiger partial charge in [0.1, 0.15) is 0 Å². The fourth-order valence-electron chi connectivity index (χ4n) is 2.29. The van der Waals surface area contributed by atoms with Gasteiger partial charge < -0.3 is 5.32 Å². The van der Waals surface area contributed by atoms with Gasteiger partial charge in [-0.05, 0) is 23.8 Å². The smallest absolute Gasteiger partial charge is 0.264 e. The first kappa shape index (κ1) is 14.8. The molecule has 0 aliphatic carbocycles. The second-order valence-corrected chi connectivity index (χ2v) is 6.31.